The van der Waals surface area contributed by atoms with Gasteiger partial charge in [-0.05, 0) is 25.0 Å². The molecule has 0 aliphatic heterocycles. The van der Waals surface area contributed by atoms with Gasteiger partial charge in [0.25, 0.3) is 0 Å². The lowest BCUT2D eigenvalue weighted by Gasteiger charge is -2.22. The molecule has 2 N–H and O–H groups in total. The van der Waals surface area contributed by atoms with E-state index >= 15 is 0 Å². The number of hydrogen-bond donors (Lipinski definition) is 2. The van der Waals surface area contributed by atoms with Crippen molar-refractivity contribution < 1.29 is 18.3 Å². The topological polar surface area (TPSA) is 96.4 Å². The SMILES string of the molecule is O=C(O)C1CCCCCC1NS(=O)(=O)c1cccnc1. The minimum absolute atomic E-state index is 0.0633. The minimum Gasteiger partial charge on any atom is -0.481 e. The van der Waals surface area contributed by atoms with Gasteiger partial charge in [0.1, 0.15) is 4.90 Å². The van der Waals surface area contributed by atoms with Crippen molar-refractivity contribution in [2.45, 2.75) is 43.0 Å². The molecule has 1 aliphatic carbocycles. The molecule has 2 atom stereocenters. The monoisotopic (exact) mass is 298 g/mol. The van der Waals surface area contributed by atoms with Crippen LogP contribution >= 0.6 is 0 Å². The van der Waals surface area contributed by atoms with Gasteiger partial charge in [-0.2, -0.15) is 0 Å². The molecule has 7 heteroatoms. The van der Waals surface area contributed by atoms with Gasteiger partial charge in [0, 0.05) is 18.4 Å². The van der Waals surface area contributed by atoms with Crippen molar-refractivity contribution >= 4 is 16.0 Å². The fourth-order valence-corrected chi connectivity index (χ4v) is 3.79. The number of carbonyl (C=O) groups is 1. The van der Waals surface area contributed by atoms with Crippen molar-refractivity contribution in [3.05, 3.63) is 24.5 Å². The van der Waals surface area contributed by atoms with Crippen molar-refractivity contribution in [3.63, 3.8) is 0 Å². The zero-order valence-corrected chi connectivity index (χ0v) is 11.8. The molecule has 110 valence electrons. The van der Waals surface area contributed by atoms with E-state index in [4.69, 9.17) is 0 Å². The van der Waals surface area contributed by atoms with E-state index < -0.39 is 28.0 Å². The first-order chi connectivity index (χ1) is 9.50. The highest BCUT2D eigenvalue weighted by molar-refractivity contribution is 7.89. The fraction of sp³-hybridized carbons (Fsp3) is 0.538. The second-order valence-electron chi connectivity index (χ2n) is 5.00. The summed E-state index contributed by atoms with van der Waals surface area (Å²) in [5, 5.41) is 9.25. The number of sulfonamides is 1. The molecule has 0 saturated heterocycles. The van der Waals surface area contributed by atoms with E-state index in [9.17, 15) is 18.3 Å². The van der Waals surface area contributed by atoms with Crippen molar-refractivity contribution in [1.82, 2.24) is 9.71 Å². The van der Waals surface area contributed by atoms with Crippen molar-refractivity contribution in [2.75, 3.05) is 0 Å². The normalized spacial score (nSPS) is 24.0. The van der Waals surface area contributed by atoms with Crippen LogP contribution in [0.1, 0.15) is 32.1 Å². The molecule has 1 aromatic heterocycles. The molecule has 0 aromatic carbocycles. The van der Waals surface area contributed by atoms with Crippen LogP contribution in [0.3, 0.4) is 0 Å². The van der Waals surface area contributed by atoms with Gasteiger partial charge in [-0.3, -0.25) is 9.78 Å². The molecule has 1 aromatic rings. The summed E-state index contributed by atoms with van der Waals surface area (Å²) in [7, 11) is -3.72. The number of aliphatic carboxylic acids is 1. The molecule has 1 heterocycles. The molecule has 6 nitrogen and oxygen atoms in total. The number of aromatic nitrogens is 1. The number of nitrogens with one attached hydrogen (secondary N) is 1. The van der Waals surface area contributed by atoms with Gasteiger partial charge in [-0.25, -0.2) is 13.1 Å². The quantitative estimate of drug-likeness (QED) is 0.819. The van der Waals surface area contributed by atoms with Crippen LogP contribution in [0.4, 0.5) is 0 Å². The lowest BCUT2D eigenvalue weighted by Crippen LogP contribution is -2.42. The maximum absolute atomic E-state index is 12.2. The Balaban J connectivity index is 2.19. The van der Waals surface area contributed by atoms with E-state index in [2.05, 4.69) is 9.71 Å². The summed E-state index contributed by atoms with van der Waals surface area (Å²) in [6, 6.07) is 2.43. The molecule has 1 fully saturated rings. The maximum Gasteiger partial charge on any atom is 0.308 e. The van der Waals surface area contributed by atoms with Crippen LogP contribution in [0.15, 0.2) is 29.4 Å². The van der Waals surface area contributed by atoms with E-state index in [0.29, 0.717) is 12.8 Å². The second kappa shape index (κ2) is 6.32. The Hall–Kier alpha value is -1.47. The number of nitrogens with zero attached hydrogens (tertiary/aromatic N) is 1. The molecule has 2 rings (SSSR count). The summed E-state index contributed by atoms with van der Waals surface area (Å²) in [6.07, 6.45) is 6.41. The summed E-state index contributed by atoms with van der Waals surface area (Å²) >= 11 is 0. The van der Waals surface area contributed by atoms with Crippen molar-refractivity contribution in [3.8, 4) is 0 Å². The number of carboxylic acids is 1. The zero-order chi connectivity index (χ0) is 14.6. The Bertz CT molecular complexity index is 559. The Labute approximate surface area is 118 Å². The molecule has 1 saturated carbocycles. The number of carboxylic acid groups (broad SMARTS) is 1. The molecule has 0 spiro atoms. The van der Waals surface area contributed by atoms with Crippen LogP contribution in [0.25, 0.3) is 0 Å². The van der Waals surface area contributed by atoms with Crippen LogP contribution in [-0.2, 0) is 14.8 Å². The zero-order valence-electron chi connectivity index (χ0n) is 11.0. The summed E-state index contributed by atoms with van der Waals surface area (Å²) in [4.78, 5) is 15.1. The highest BCUT2D eigenvalue weighted by Gasteiger charge is 2.32. The van der Waals surface area contributed by atoms with Crippen LogP contribution in [-0.4, -0.2) is 30.5 Å². The van der Waals surface area contributed by atoms with E-state index in [-0.39, 0.29) is 4.90 Å². The molecule has 2 unspecified atom stereocenters. The third-order valence-electron chi connectivity index (χ3n) is 3.58. The molecule has 1 aliphatic rings. The van der Waals surface area contributed by atoms with Crippen LogP contribution in [0.2, 0.25) is 0 Å². The lowest BCUT2D eigenvalue weighted by molar-refractivity contribution is -0.142. The Morgan fingerprint density at radius 2 is 2.05 bits per heavy atom. The summed E-state index contributed by atoms with van der Waals surface area (Å²) in [5.74, 6) is -1.60. The average Bonchev–Trinajstić information content (AvgIpc) is 2.65. The predicted molar refractivity (Wildman–Crippen MR) is 72.6 cm³/mol. The summed E-state index contributed by atoms with van der Waals surface area (Å²) < 4.78 is 27.0. The summed E-state index contributed by atoms with van der Waals surface area (Å²) in [6.45, 7) is 0. The smallest absolute Gasteiger partial charge is 0.308 e. The second-order valence-corrected chi connectivity index (χ2v) is 6.71. The van der Waals surface area contributed by atoms with Gasteiger partial charge in [-0.15, -0.1) is 0 Å². The molecule has 0 amide bonds. The Kier molecular flexibility index (Phi) is 4.72. The van der Waals surface area contributed by atoms with Gasteiger partial charge in [0.15, 0.2) is 0 Å². The summed E-state index contributed by atoms with van der Waals surface area (Å²) in [5.41, 5.74) is 0. The van der Waals surface area contributed by atoms with Crippen LogP contribution < -0.4 is 4.72 Å². The third kappa shape index (κ3) is 3.55. The first-order valence-electron chi connectivity index (χ1n) is 6.66. The minimum atomic E-state index is -3.72. The van der Waals surface area contributed by atoms with Gasteiger partial charge < -0.3 is 5.11 Å². The highest BCUT2D eigenvalue weighted by Crippen LogP contribution is 2.25. The van der Waals surface area contributed by atoms with Crippen molar-refractivity contribution in [2.24, 2.45) is 5.92 Å². The third-order valence-corrected chi connectivity index (χ3v) is 5.06. The van der Waals surface area contributed by atoms with Gasteiger partial charge in [-0.1, -0.05) is 19.3 Å². The van der Waals surface area contributed by atoms with Gasteiger partial charge in [0.05, 0.1) is 5.92 Å². The van der Waals surface area contributed by atoms with Gasteiger partial charge >= 0.3 is 5.97 Å². The number of pyridine rings is 1. The number of rotatable bonds is 4. The highest BCUT2D eigenvalue weighted by atomic mass is 32.2. The standard InChI is InChI=1S/C13H18N2O4S/c16-13(17)11-6-2-1-3-7-12(11)15-20(18,19)10-5-4-8-14-9-10/h4-5,8-9,11-12,15H,1-3,6-7H2,(H,16,17). The van der Waals surface area contributed by atoms with E-state index in [1.807, 2.05) is 0 Å². The van der Waals surface area contributed by atoms with Crippen LogP contribution in [0.5, 0.6) is 0 Å². The van der Waals surface area contributed by atoms with Crippen molar-refractivity contribution in [1.29, 1.82) is 0 Å². The molecular formula is C13H18N2O4S. The lowest BCUT2D eigenvalue weighted by atomic mass is 9.96. The van der Waals surface area contributed by atoms with Gasteiger partial charge in [0.2, 0.25) is 10.0 Å². The maximum atomic E-state index is 12.2. The molecule has 0 radical (unpaired) electrons. The van der Waals surface area contributed by atoms with Crippen LogP contribution in [0, 0.1) is 5.92 Å². The Morgan fingerprint density at radius 1 is 1.30 bits per heavy atom. The average molecular weight is 298 g/mol. The first-order valence-corrected chi connectivity index (χ1v) is 8.14. The first kappa shape index (κ1) is 14.9. The van der Waals surface area contributed by atoms with E-state index in [0.717, 1.165) is 19.3 Å². The fourth-order valence-electron chi connectivity index (χ4n) is 2.52. The predicted octanol–water partition coefficient (Wildman–Crippen LogP) is 1.39. The number of hydrogen-bond acceptors (Lipinski definition) is 4. The largest absolute Gasteiger partial charge is 0.481 e. The van der Waals surface area contributed by atoms with E-state index in [1.165, 1.54) is 24.5 Å². The molecule has 0 bridgehead atoms. The molecule has 20 heavy (non-hydrogen) atoms. The van der Waals surface area contributed by atoms with E-state index in [1.54, 1.807) is 0 Å². The Morgan fingerprint density at radius 3 is 2.70 bits per heavy atom. The molecular weight excluding hydrogens is 280 g/mol.